The molecule has 0 radical (unpaired) electrons. The Labute approximate surface area is 112 Å². The van der Waals surface area contributed by atoms with Crippen molar-refractivity contribution in [1.29, 1.82) is 0 Å². The van der Waals surface area contributed by atoms with E-state index in [1.54, 1.807) is 0 Å². The average Bonchev–Trinajstić information content (AvgIpc) is 2.67. The molecule has 0 nitrogen and oxygen atoms in total. The van der Waals surface area contributed by atoms with Gasteiger partial charge in [0, 0.05) is 0 Å². The monoisotopic (exact) mass is 236 g/mol. The van der Waals surface area contributed by atoms with E-state index in [-0.39, 0.29) is 24.6 Å². The molecule has 80 valence electrons. The SMILES string of the molecule is CC1=[C-]CC=C1C.CC1=[C-]CC=C1C.[H-].[H-].[Ti+4]. The zero-order chi connectivity index (χ0) is 10.6. The van der Waals surface area contributed by atoms with Gasteiger partial charge in [0.2, 0.25) is 0 Å². The van der Waals surface area contributed by atoms with Gasteiger partial charge < -0.3 is 2.85 Å². The van der Waals surface area contributed by atoms with E-state index < -0.39 is 0 Å². The van der Waals surface area contributed by atoms with Crippen molar-refractivity contribution in [3.05, 3.63) is 46.6 Å². The van der Waals surface area contributed by atoms with Crippen LogP contribution in [0.25, 0.3) is 0 Å². The van der Waals surface area contributed by atoms with Crippen LogP contribution in [0.3, 0.4) is 0 Å². The van der Waals surface area contributed by atoms with Crippen molar-refractivity contribution >= 4 is 0 Å². The van der Waals surface area contributed by atoms with Gasteiger partial charge in [0.25, 0.3) is 0 Å². The van der Waals surface area contributed by atoms with Crippen LogP contribution in [0.15, 0.2) is 34.4 Å². The molecule has 15 heavy (non-hydrogen) atoms. The quantitative estimate of drug-likeness (QED) is 0.432. The second-order valence-corrected chi connectivity index (χ2v) is 3.79. The summed E-state index contributed by atoms with van der Waals surface area (Å²) in [4.78, 5) is 0. The molecule has 0 spiro atoms. The maximum absolute atomic E-state index is 3.19. The summed E-state index contributed by atoms with van der Waals surface area (Å²) in [5.74, 6) is 0. The van der Waals surface area contributed by atoms with Crippen LogP contribution in [0.2, 0.25) is 0 Å². The molecule has 2 aliphatic carbocycles. The van der Waals surface area contributed by atoms with Gasteiger partial charge in [-0.2, -0.15) is 12.2 Å². The summed E-state index contributed by atoms with van der Waals surface area (Å²) in [7, 11) is 0. The first kappa shape index (κ1) is 14.7. The van der Waals surface area contributed by atoms with Crippen molar-refractivity contribution in [2.75, 3.05) is 0 Å². The Morgan fingerprint density at radius 3 is 1.27 bits per heavy atom. The van der Waals surface area contributed by atoms with Crippen LogP contribution in [0.1, 0.15) is 43.4 Å². The molecular weight excluding hydrogens is 216 g/mol. The Balaban J connectivity index is -0.000000196. The molecule has 1 heteroatoms. The average molecular weight is 236 g/mol. The van der Waals surface area contributed by atoms with Gasteiger partial charge in [-0.1, -0.05) is 13.8 Å². The molecule has 0 aliphatic heterocycles. The number of hydrogen-bond donors (Lipinski definition) is 0. The second-order valence-electron chi connectivity index (χ2n) is 3.79. The molecular formula is C14H20Ti. The number of rotatable bonds is 0. The van der Waals surface area contributed by atoms with E-state index in [9.17, 15) is 0 Å². The summed E-state index contributed by atoms with van der Waals surface area (Å²) >= 11 is 0. The van der Waals surface area contributed by atoms with Crippen molar-refractivity contribution in [1.82, 2.24) is 0 Å². The van der Waals surface area contributed by atoms with Crippen LogP contribution in [0.5, 0.6) is 0 Å². The molecule has 0 saturated carbocycles. The normalized spacial score (nSPS) is 17.9. The maximum Gasteiger partial charge on any atom is 4.00 e. The Bertz CT molecular complexity index is 270. The minimum Gasteiger partial charge on any atom is -1.00 e. The molecule has 0 aromatic heterocycles. The molecule has 0 bridgehead atoms. The molecule has 0 heterocycles. The molecule has 2 rings (SSSR count). The summed E-state index contributed by atoms with van der Waals surface area (Å²) in [5.41, 5.74) is 5.42. The van der Waals surface area contributed by atoms with Crippen LogP contribution < -0.4 is 0 Å². The van der Waals surface area contributed by atoms with Gasteiger partial charge >= 0.3 is 21.7 Å². The van der Waals surface area contributed by atoms with Crippen molar-refractivity contribution in [3.63, 3.8) is 0 Å². The van der Waals surface area contributed by atoms with Gasteiger partial charge in [0.15, 0.2) is 0 Å². The number of allylic oxidation sites excluding steroid dienone is 8. The predicted molar refractivity (Wildman–Crippen MR) is 63.8 cm³/mol. The third-order valence-corrected chi connectivity index (χ3v) is 2.73. The van der Waals surface area contributed by atoms with E-state index in [4.69, 9.17) is 0 Å². The third kappa shape index (κ3) is 4.81. The van der Waals surface area contributed by atoms with Crippen molar-refractivity contribution in [2.45, 2.75) is 40.5 Å². The van der Waals surface area contributed by atoms with E-state index in [2.05, 4.69) is 52.0 Å². The molecule has 0 aromatic rings. The topological polar surface area (TPSA) is 0 Å². The molecule has 0 aromatic carbocycles. The van der Waals surface area contributed by atoms with E-state index in [1.807, 2.05) is 0 Å². The van der Waals surface area contributed by atoms with E-state index in [0.29, 0.717) is 0 Å². The first-order valence-corrected chi connectivity index (χ1v) is 5.10. The van der Waals surface area contributed by atoms with Crippen LogP contribution >= 0.6 is 0 Å². The standard InChI is InChI=1S/2C7H9.Ti.2H/c2*1-6-4-3-5-7(6)2;;;/h2*4H,3H2,1-2H3;;;/q2*-1;+4;2*-1. The summed E-state index contributed by atoms with van der Waals surface area (Å²) in [5, 5.41) is 0. The fourth-order valence-electron chi connectivity index (χ4n) is 1.30. The van der Waals surface area contributed by atoms with Crippen LogP contribution in [-0.4, -0.2) is 0 Å². The Hall–Kier alpha value is -0.326. The summed E-state index contributed by atoms with van der Waals surface area (Å²) in [6, 6.07) is 0. The van der Waals surface area contributed by atoms with Crippen LogP contribution in [0.4, 0.5) is 0 Å². The fraction of sp³-hybridized carbons (Fsp3) is 0.429. The van der Waals surface area contributed by atoms with Gasteiger partial charge in [0.1, 0.15) is 0 Å². The summed E-state index contributed by atoms with van der Waals surface area (Å²) in [6.45, 7) is 8.43. The molecule has 0 amide bonds. The summed E-state index contributed by atoms with van der Waals surface area (Å²) < 4.78 is 0. The maximum atomic E-state index is 3.19. The Morgan fingerprint density at radius 2 is 1.20 bits per heavy atom. The zero-order valence-electron chi connectivity index (χ0n) is 12.1. The number of hydrogen-bond acceptors (Lipinski definition) is 0. The smallest absolute Gasteiger partial charge is 1.00 e. The first-order chi connectivity index (χ1) is 6.61. The van der Waals surface area contributed by atoms with E-state index in [0.717, 1.165) is 12.8 Å². The largest absolute Gasteiger partial charge is 4.00 e. The Morgan fingerprint density at radius 1 is 0.867 bits per heavy atom. The molecule has 0 fully saturated rings. The molecule has 0 N–H and O–H groups in total. The van der Waals surface area contributed by atoms with Gasteiger partial charge in [-0.3, -0.25) is 12.2 Å². The molecule has 0 unspecified atom stereocenters. The third-order valence-electron chi connectivity index (χ3n) is 2.73. The van der Waals surface area contributed by atoms with Gasteiger partial charge in [-0.05, 0) is 0 Å². The predicted octanol–water partition coefficient (Wildman–Crippen LogP) is 4.39. The second kappa shape index (κ2) is 7.03. The molecule has 0 atom stereocenters. The van der Waals surface area contributed by atoms with Crippen LogP contribution in [-0.2, 0) is 21.7 Å². The Kier molecular flexibility index (Phi) is 6.88. The van der Waals surface area contributed by atoms with Crippen LogP contribution in [0, 0.1) is 12.2 Å². The van der Waals surface area contributed by atoms with Gasteiger partial charge in [0.05, 0.1) is 0 Å². The van der Waals surface area contributed by atoms with Crippen molar-refractivity contribution < 1.29 is 24.6 Å². The van der Waals surface area contributed by atoms with Crippen molar-refractivity contribution in [3.8, 4) is 0 Å². The molecule has 0 saturated heterocycles. The van der Waals surface area contributed by atoms with Gasteiger partial charge in [-0.15, -0.1) is 26.7 Å². The minimum atomic E-state index is 0. The zero-order valence-corrected chi connectivity index (χ0v) is 11.6. The van der Waals surface area contributed by atoms with Crippen molar-refractivity contribution in [2.24, 2.45) is 0 Å². The minimum absolute atomic E-state index is 0. The molecule has 2 aliphatic rings. The fourth-order valence-corrected chi connectivity index (χ4v) is 1.30. The first-order valence-electron chi connectivity index (χ1n) is 5.10. The van der Waals surface area contributed by atoms with E-state index >= 15 is 0 Å². The van der Waals surface area contributed by atoms with Gasteiger partial charge in [-0.25, -0.2) is 22.3 Å². The van der Waals surface area contributed by atoms with E-state index in [1.165, 1.54) is 22.3 Å². The summed E-state index contributed by atoms with van der Waals surface area (Å²) in [6.07, 6.45) is 12.8.